The Morgan fingerprint density at radius 3 is 2.81 bits per heavy atom. The number of thiophene rings is 1. The number of carbonyl (C=O) groups excluding carboxylic acids is 2. The molecule has 26 heavy (non-hydrogen) atoms. The Bertz CT molecular complexity index is 763. The van der Waals surface area contributed by atoms with E-state index in [2.05, 4.69) is 5.32 Å². The van der Waals surface area contributed by atoms with Crippen molar-refractivity contribution in [1.82, 2.24) is 10.2 Å². The van der Waals surface area contributed by atoms with Gasteiger partial charge in [-0.25, -0.2) is 0 Å². The van der Waals surface area contributed by atoms with Crippen molar-refractivity contribution in [2.45, 2.75) is 31.5 Å². The van der Waals surface area contributed by atoms with Crippen LogP contribution in [-0.2, 0) is 27.3 Å². The molecule has 2 aromatic rings. The number of benzene rings is 1. The summed E-state index contributed by atoms with van der Waals surface area (Å²) in [6, 6.07) is 13.7. The van der Waals surface area contributed by atoms with Gasteiger partial charge in [0, 0.05) is 18.0 Å². The van der Waals surface area contributed by atoms with Gasteiger partial charge in [-0.1, -0.05) is 36.4 Å². The summed E-state index contributed by atoms with van der Waals surface area (Å²) < 4.78 is 5.83. The molecule has 0 radical (unpaired) electrons. The number of rotatable bonds is 5. The molecule has 1 aromatic heterocycles. The molecule has 1 aromatic carbocycles. The molecule has 0 saturated carbocycles. The van der Waals surface area contributed by atoms with E-state index in [1.54, 1.807) is 11.3 Å². The molecular weight excluding hydrogens is 348 g/mol. The Morgan fingerprint density at radius 1 is 1.19 bits per heavy atom. The number of fused-ring (bicyclic) bond motifs is 1. The third-order valence-electron chi connectivity index (χ3n) is 5.17. The normalized spacial score (nSPS) is 24.5. The van der Waals surface area contributed by atoms with Gasteiger partial charge in [-0.05, 0) is 23.4 Å². The van der Waals surface area contributed by atoms with Crippen LogP contribution in [0.2, 0.25) is 0 Å². The van der Waals surface area contributed by atoms with Crippen molar-refractivity contribution < 1.29 is 14.3 Å². The minimum absolute atomic E-state index is 0.0173. The van der Waals surface area contributed by atoms with Gasteiger partial charge in [0.2, 0.25) is 11.8 Å². The fraction of sp³-hybridized carbons (Fsp3) is 0.400. The number of hydrogen-bond donors (Lipinski definition) is 1. The zero-order valence-electron chi connectivity index (χ0n) is 14.5. The van der Waals surface area contributed by atoms with E-state index in [0.29, 0.717) is 26.1 Å². The summed E-state index contributed by atoms with van der Waals surface area (Å²) >= 11 is 1.62. The van der Waals surface area contributed by atoms with E-state index >= 15 is 0 Å². The highest BCUT2D eigenvalue weighted by Gasteiger charge is 2.50. The highest BCUT2D eigenvalue weighted by Crippen LogP contribution is 2.34. The molecule has 0 spiro atoms. The number of ether oxygens (including phenoxy) is 1. The molecule has 0 aliphatic carbocycles. The Hall–Kier alpha value is -2.18. The predicted octanol–water partition coefficient (Wildman–Crippen LogP) is 2.22. The molecule has 2 fully saturated rings. The van der Waals surface area contributed by atoms with Gasteiger partial charge in [0.25, 0.3) is 0 Å². The van der Waals surface area contributed by atoms with E-state index in [9.17, 15) is 9.59 Å². The second kappa shape index (κ2) is 7.60. The molecule has 2 aliphatic rings. The van der Waals surface area contributed by atoms with Gasteiger partial charge >= 0.3 is 0 Å². The minimum Gasteiger partial charge on any atom is -0.375 e. The number of nitrogens with one attached hydrogen (secondary N) is 1. The maximum Gasteiger partial charge on any atom is 0.227 e. The SMILES string of the molecule is O=C(NCc1cccs1)[C@@H]1CN(C(=O)Cc2ccccc2)[C@H]2CCO[C@@H]12. The molecule has 4 rings (SSSR count). The van der Waals surface area contributed by atoms with Crippen molar-refractivity contribution >= 4 is 23.2 Å². The van der Waals surface area contributed by atoms with Crippen molar-refractivity contribution in [3.8, 4) is 0 Å². The van der Waals surface area contributed by atoms with Crippen LogP contribution >= 0.6 is 11.3 Å². The maximum atomic E-state index is 12.8. The number of hydrogen-bond acceptors (Lipinski definition) is 4. The maximum absolute atomic E-state index is 12.8. The lowest BCUT2D eigenvalue weighted by atomic mass is 10.0. The van der Waals surface area contributed by atoms with Crippen LogP contribution in [0.5, 0.6) is 0 Å². The Labute approximate surface area is 157 Å². The molecule has 2 aliphatic heterocycles. The van der Waals surface area contributed by atoms with Crippen LogP contribution in [0.15, 0.2) is 47.8 Å². The van der Waals surface area contributed by atoms with Crippen molar-refractivity contribution in [2.75, 3.05) is 13.2 Å². The van der Waals surface area contributed by atoms with E-state index < -0.39 is 0 Å². The first-order valence-corrected chi connectivity index (χ1v) is 9.85. The Morgan fingerprint density at radius 2 is 2.04 bits per heavy atom. The van der Waals surface area contributed by atoms with E-state index in [4.69, 9.17) is 4.74 Å². The molecule has 2 amide bonds. The minimum atomic E-state index is -0.290. The van der Waals surface area contributed by atoms with Crippen LogP contribution in [-0.4, -0.2) is 42.0 Å². The smallest absolute Gasteiger partial charge is 0.227 e. The average molecular weight is 370 g/mol. The van der Waals surface area contributed by atoms with Crippen LogP contribution < -0.4 is 5.32 Å². The quantitative estimate of drug-likeness (QED) is 0.878. The number of amides is 2. The first-order chi connectivity index (χ1) is 12.7. The fourth-order valence-electron chi connectivity index (χ4n) is 3.88. The van der Waals surface area contributed by atoms with Gasteiger partial charge in [0.1, 0.15) is 0 Å². The second-order valence-electron chi connectivity index (χ2n) is 6.80. The van der Waals surface area contributed by atoms with Gasteiger partial charge in [-0.2, -0.15) is 0 Å². The van der Waals surface area contributed by atoms with E-state index in [1.165, 1.54) is 0 Å². The molecule has 136 valence electrons. The molecule has 0 bridgehead atoms. The second-order valence-corrected chi connectivity index (χ2v) is 7.84. The van der Waals surface area contributed by atoms with Crippen molar-refractivity contribution in [2.24, 2.45) is 5.92 Å². The Kier molecular flexibility index (Phi) is 5.04. The fourth-order valence-corrected chi connectivity index (χ4v) is 4.52. The van der Waals surface area contributed by atoms with Gasteiger partial charge in [-0.15, -0.1) is 11.3 Å². The monoisotopic (exact) mass is 370 g/mol. The highest BCUT2D eigenvalue weighted by atomic mass is 32.1. The van der Waals surface area contributed by atoms with E-state index in [-0.39, 0.29) is 29.9 Å². The zero-order chi connectivity index (χ0) is 17.9. The number of likely N-dealkylation sites (tertiary alicyclic amines) is 1. The summed E-state index contributed by atoms with van der Waals surface area (Å²) in [5.74, 6) is -0.238. The summed E-state index contributed by atoms with van der Waals surface area (Å²) in [6.07, 6.45) is 0.992. The van der Waals surface area contributed by atoms with Crippen LogP contribution in [0, 0.1) is 5.92 Å². The summed E-state index contributed by atoms with van der Waals surface area (Å²) in [5.41, 5.74) is 0.999. The van der Waals surface area contributed by atoms with Gasteiger partial charge < -0.3 is 15.0 Å². The standard InChI is InChI=1S/C20H22N2O3S/c23-18(11-14-5-2-1-3-6-14)22-13-16(19-17(22)8-9-25-19)20(24)21-12-15-7-4-10-26-15/h1-7,10,16-17,19H,8-9,11-13H2,(H,21,24)/t16-,17+,19+/m1/s1. The largest absolute Gasteiger partial charge is 0.375 e. The first-order valence-electron chi connectivity index (χ1n) is 8.97. The molecule has 5 nitrogen and oxygen atoms in total. The average Bonchev–Trinajstić information content (AvgIpc) is 3.38. The molecule has 3 atom stereocenters. The lowest BCUT2D eigenvalue weighted by Crippen LogP contribution is -2.38. The predicted molar refractivity (Wildman–Crippen MR) is 99.7 cm³/mol. The third kappa shape index (κ3) is 3.52. The molecule has 1 N–H and O–H groups in total. The van der Waals surface area contributed by atoms with Crippen LogP contribution in [0.25, 0.3) is 0 Å². The molecule has 3 heterocycles. The molecule has 0 unspecified atom stereocenters. The first kappa shape index (κ1) is 17.2. The lowest BCUT2D eigenvalue weighted by Gasteiger charge is -2.22. The van der Waals surface area contributed by atoms with Crippen LogP contribution in [0.3, 0.4) is 0 Å². The Balaban J connectivity index is 1.41. The summed E-state index contributed by atoms with van der Waals surface area (Å²) in [7, 11) is 0. The van der Waals surface area contributed by atoms with Crippen molar-refractivity contribution in [3.05, 3.63) is 58.3 Å². The molecule has 6 heteroatoms. The van der Waals surface area contributed by atoms with E-state index in [0.717, 1.165) is 16.9 Å². The van der Waals surface area contributed by atoms with Crippen molar-refractivity contribution in [1.29, 1.82) is 0 Å². The van der Waals surface area contributed by atoms with Gasteiger partial charge in [0.05, 0.1) is 31.0 Å². The van der Waals surface area contributed by atoms with Gasteiger partial charge in [0.15, 0.2) is 0 Å². The van der Waals surface area contributed by atoms with Gasteiger partial charge in [-0.3, -0.25) is 9.59 Å². The van der Waals surface area contributed by atoms with Crippen molar-refractivity contribution in [3.63, 3.8) is 0 Å². The number of nitrogens with zero attached hydrogens (tertiary/aromatic N) is 1. The summed E-state index contributed by atoms with van der Waals surface area (Å²) in [4.78, 5) is 28.5. The summed E-state index contributed by atoms with van der Waals surface area (Å²) in [6.45, 7) is 1.58. The highest BCUT2D eigenvalue weighted by molar-refractivity contribution is 7.09. The third-order valence-corrected chi connectivity index (χ3v) is 6.04. The summed E-state index contributed by atoms with van der Waals surface area (Å²) in [5, 5.41) is 5.00. The number of carbonyl (C=O) groups is 2. The molecule has 2 saturated heterocycles. The van der Waals surface area contributed by atoms with E-state index in [1.807, 2.05) is 52.7 Å². The molecular formula is C20H22N2O3S. The lowest BCUT2D eigenvalue weighted by molar-refractivity contribution is -0.131. The van der Waals surface area contributed by atoms with Crippen LogP contribution in [0.4, 0.5) is 0 Å². The van der Waals surface area contributed by atoms with Crippen LogP contribution in [0.1, 0.15) is 16.9 Å². The zero-order valence-corrected chi connectivity index (χ0v) is 15.3. The topological polar surface area (TPSA) is 58.6 Å².